The van der Waals surface area contributed by atoms with Gasteiger partial charge in [-0.3, -0.25) is 9.59 Å². The van der Waals surface area contributed by atoms with Crippen LogP contribution in [0.5, 0.6) is 0 Å². The van der Waals surface area contributed by atoms with Gasteiger partial charge >= 0.3 is 0 Å². The van der Waals surface area contributed by atoms with E-state index < -0.39 is 5.91 Å². The summed E-state index contributed by atoms with van der Waals surface area (Å²) in [5, 5.41) is 2.86. The maximum atomic E-state index is 13.4. The van der Waals surface area contributed by atoms with E-state index >= 15 is 0 Å². The molecule has 0 bridgehead atoms. The maximum absolute atomic E-state index is 13.4. The third kappa shape index (κ3) is 4.19. The van der Waals surface area contributed by atoms with Gasteiger partial charge in [0.2, 0.25) is 0 Å². The molecule has 5 rings (SSSR count). The Morgan fingerprint density at radius 2 is 1.79 bits per heavy atom. The van der Waals surface area contributed by atoms with E-state index in [-0.39, 0.29) is 17.2 Å². The fraction of sp³-hybridized carbons (Fsp3) is 0.333. The number of nitrogens with zero attached hydrogens (tertiary/aromatic N) is 3. The lowest BCUT2D eigenvalue weighted by atomic mass is 10.0. The molecule has 2 heterocycles. The number of morpholine rings is 1. The van der Waals surface area contributed by atoms with Gasteiger partial charge in [0.15, 0.2) is 0 Å². The molecule has 3 aromatic rings. The Labute approximate surface area is 199 Å². The zero-order valence-corrected chi connectivity index (χ0v) is 19.7. The Hall–Kier alpha value is -3.58. The van der Waals surface area contributed by atoms with Gasteiger partial charge in [-0.2, -0.15) is 0 Å². The molecule has 1 unspecified atom stereocenters. The maximum Gasteiger partial charge on any atom is 0.263 e. The number of carbonyl (C=O) groups excluding carboxylic acids is 1. The quantitative estimate of drug-likeness (QED) is 0.634. The van der Waals surface area contributed by atoms with E-state index in [4.69, 9.17) is 4.74 Å². The summed E-state index contributed by atoms with van der Waals surface area (Å²) in [5.74, 6) is -0.391. The van der Waals surface area contributed by atoms with Gasteiger partial charge in [0, 0.05) is 50.4 Å². The van der Waals surface area contributed by atoms with Gasteiger partial charge in [0.25, 0.3) is 11.5 Å². The molecule has 1 aliphatic heterocycles. The molecule has 2 aromatic carbocycles. The molecule has 34 heavy (non-hydrogen) atoms. The number of anilines is 3. The van der Waals surface area contributed by atoms with Crippen LogP contribution in [0.1, 0.15) is 33.9 Å². The van der Waals surface area contributed by atoms with Gasteiger partial charge in [-0.1, -0.05) is 12.1 Å². The first-order valence-corrected chi connectivity index (χ1v) is 11.8. The average Bonchev–Trinajstić information content (AvgIpc) is 3.29. The number of amides is 1. The SMILES string of the molecule is CN(C)c1ccc(NC(=O)c2cccn(C3CCc4c3cccc4N3CCOCC3)c2=O)cc1. The monoisotopic (exact) mass is 458 g/mol. The van der Waals surface area contributed by atoms with Crippen LogP contribution in [0.2, 0.25) is 0 Å². The number of rotatable bonds is 5. The van der Waals surface area contributed by atoms with Crippen LogP contribution in [-0.2, 0) is 11.2 Å². The third-order valence-corrected chi connectivity index (χ3v) is 6.76. The summed E-state index contributed by atoms with van der Waals surface area (Å²) in [6.07, 6.45) is 3.55. The second-order valence-corrected chi connectivity index (χ2v) is 9.03. The predicted octanol–water partition coefficient (Wildman–Crippen LogP) is 3.54. The highest BCUT2D eigenvalue weighted by atomic mass is 16.5. The number of nitrogens with one attached hydrogen (secondary N) is 1. The zero-order valence-electron chi connectivity index (χ0n) is 19.7. The molecular weight excluding hydrogens is 428 g/mol. The number of pyridine rings is 1. The zero-order chi connectivity index (χ0) is 23.7. The molecule has 1 saturated heterocycles. The van der Waals surface area contributed by atoms with Crippen LogP contribution in [0.15, 0.2) is 65.6 Å². The van der Waals surface area contributed by atoms with E-state index in [9.17, 15) is 9.59 Å². The number of aromatic nitrogens is 1. The summed E-state index contributed by atoms with van der Waals surface area (Å²) in [4.78, 5) is 30.7. The van der Waals surface area contributed by atoms with E-state index in [1.54, 1.807) is 22.9 Å². The van der Waals surface area contributed by atoms with Crippen LogP contribution >= 0.6 is 0 Å². The molecule has 1 N–H and O–H groups in total. The van der Waals surface area contributed by atoms with Crippen molar-refractivity contribution >= 4 is 23.0 Å². The predicted molar refractivity (Wildman–Crippen MR) is 135 cm³/mol. The van der Waals surface area contributed by atoms with Crippen molar-refractivity contribution in [2.75, 3.05) is 55.5 Å². The number of benzene rings is 2. The molecule has 1 aliphatic carbocycles. The lowest BCUT2D eigenvalue weighted by molar-refractivity contribution is 0.102. The van der Waals surface area contributed by atoms with Crippen LogP contribution in [0, 0.1) is 0 Å². The average molecular weight is 459 g/mol. The van der Waals surface area contributed by atoms with Crippen molar-refractivity contribution < 1.29 is 9.53 Å². The Morgan fingerprint density at radius 1 is 1.03 bits per heavy atom. The summed E-state index contributed by atoms with van der Waals surface area (Å²) in [6, 6.07) is 17.2. The van der Waals surface area contributed by atoms with Crippen LogP contribution in [-0.4, -0.2) is 50.9 Å². The normalized spacial score (nSPS) is 17.4. The Balaban J connectivity index is 1.41. The minimum atomic E-state index is -0.391. The van der Waals surface area contributed by atoms with Gasteiger partial charge in [-0.05, 0) is 66.4 Å². The van der Waals surface area contributed by atoms with Gasteiger partial charge in [0.1, 0.15) is 5.56 Å². The van der Waals surface area contributed by atoms with E-state index in [0.29, 0.717) is 5.69 Å². The summed E-state index contributed by atoms with van der Waals surface area (Å²) < 4.78 is 7.24. The molecule has 1 fully saturated rings. The second-order valence-electron chi connectivity index (χ2n) is 9.03. The first-order chi connectivity index (χ1) is 16.5. The number of hydrogen-bond donors (Lipinski definition) is 1. The lowest BCUT2D eigenvalue weighted by Gasteiger charge is -2.30. The van der Waals surface area contributed by atoms with Crippen molar-refractivity contribution in [3.8, 4) is 0 Å². The number of carbonyl (C=O) groups is 1. The minimum Gasteiger partial charge on any atom is -0.378 e. The van der Waals surface area contributed by atoms with E-state index in [1.165, 1.54) is 16.8 Å². The van der Waals surface area contributed by atoms with Gasteiger partial charge in [-0.25, -0.2) is 0 Å². The molecule has 7 heteroatoms. The van der Waals surface area contributed by atoms with Crippen molar-refractivity contribution in [3.63, 3.8) is 0 Å². The van der Waals surface area contributed by atoms with E-state index in [2.05, 4.69) is 28.4 Å². The van der Waals surface area contributed by atoms with Crippen LogP contribution in [0.3, 0.4) is 0 Å². The summed E-state index contributed by atoms with van der Waals surface area (Å²) in [7, 11) is 3.93. The van der Waals surface area contributed by atoms with Gasteiger partial charge in [-0.15, -0.1) is 0 Å². The third-order valence-electron chi connectivity index (χ3n) is 6.76. The fourth-order valence-corrected chi connectivity index (χ4v) is 4.97. The smallest absolute Gasteiger partial charge is 0.263 e. The van der Waals surface area contributed by atoms with Crippen molar-refractivity contribution in [2.45, 2.75) is 18.9 Å². The Morgan fingerprint density at radius 3 is 2.53 bits per heavy atom. The van der Waals surface area contributed by atoms with Crippen LogP contribution < -0.4 is 20.7 Å². The molecule has 0 saturated carbocycles. The van der Waals surface area contributed by atoms with E-state index in [1.807, 2.05) is 43.3 Å². The first kappa shape index (κ1) is 22.2. The lowest BCUT2D eigenvalue weighted by Crippen LogP contribution is -2.36. The largest absolute Gasteiger partial charge is 0.378 e. The first-order valence-electron chi connectivity index (χ1n) is 11.8. The van der Waals surface area contributed by atoms with Crippen LogP contribution in [0.4, 0.5) is 17.1 Å². The fourth-order valence-electron chi connectivity index (χ4n) is 4.97. The second kappa shape index (κ2) is 9.35. The standard InChI is InChI=1S/C27H30N4O3/c1-29(2)20-10-8-19(9-11-20)28-26(32)23-6-4-14-31(27(23)33)25-13-12-22-21(25)5-3-7-24(22)30-15-17-34-18-16-30/h3-11,14,25H,12-13,15-18H2,1-2H3,(H,28,32). The van der Waals surface area contributed by atoms with Gasteiger partial charge < -0.3 is 24.4 Å². The van der Waals surface area contributed by atoms with Crippen molar-refractivity contribution in [1.29, 1.82) is 0 Å². The molecule has 2 aliphatic rings. The molecule has 1 aromatic heterocycles. The molecule has 7 nitrogen and oxygen atoms in total. The van der Waals surface area contributed by atoms with E-state index in [0.717, 1.165) is 44.8 Å². The highest BCUT2D eigenvalue weighted by molar-refractivity contribution is 6.04. The van der Waals surface area contributed by atoms with Crippen molar-refractivity contribution in [1.82, 2.24) is 4.57 Å². The number of hydrogen-bond acceptors (Lipinski definition) is 5. The Bertz CT molecular complexity index is 1240. The molecule has 0 spiro atoms. The molecule has 176 valence electrons. The Kier molecular flexibility index (Phi) is 6.11. The molecule has 1 atom stereocenters. The summed E-state index contributed by atoms with van der Waals surface area (Å²) >= 11 is 0. The van der Waals surface area contributed by atoms with Crippen LogP contribution in [0.25, 0.3) is 0 Å². The highest BCUT2D eigenvalue weighted by Crippen LogP contribution is 2.39. The summed E-state index contributed by atoms with van der Waals surface area (Å²) in [6.45, 7) is 3.24. The van der Waals surface area contributed by atoms with Crippen molar-refractivity contribution in [3.05, 3.63) is 87.8 Å². The highest BCUT2D eigenvalue weighted by Gasteiger charge is 2.29. The van der Waals surface area contributed by atoms with Crippen molar-refractivity contribution in [2.24, 2.45) is 0 Å². The number of fused-ring (bicyclic) bond motifs is 1. The minimum absolute atomic E-state index is 0.0735. The molecule has 1 amide bonds. The summed E-state index contributed by atoms with van der Waals surface area (Å²) in [5.41, 5.74) is 5.30. The number of ether oxygens (including phenoxy) is 1. The molecular formula is C27H30N4O3. The van der Waals surface area contributed by atoms with Gasteiger partial charge in [0.05, 0.1) is 19.3 Å². The topological polar surface area (TPSA) is 66.8 Å². The molecule has 0 radical (unpaired) electrons.